The number of methoxy groups -OCH3 is 1. The molecule has 1 heterocycles. The van der Waals surface area contributed by atoms with E-state index in [0.29, 0.717) is 0 Å². The number of phenolic OH excluding ortho intramolecular Hbond substituents is 1. The Hall–Kier alpha value is -2.89. The first kappa shape index (κ1) is 23.4. The van der Waals surface area contributed by atoms with Gasteiger partial charge in [-0.15, -0.1) is 0 Å². The highest BCUT2D eigenvalue weighted by molar-refractivity contribution is 5.73. The molecule has 2 N–H and O–H groups in total. The number of carbonyl (C=O) groups is 1. The summed E-state index contributed by atoms with van der Waals surface area (Å²) in [5.74, 6) is 1.99. The summed E-state index contributed by atoms with van der Waals surface area (Å²) in [4.78, 5) is 13.1. The van der Waals surface area contributed by atoms with E-state index in [2.05, 4.69) is 23.2 Å². The summed E-state index contributed by atoms with van der Waals surface area (Å²) in [6, 6.07) is 12.9. The number of nitrogens with one attached hydrogen (secondary N) is 1. The minimum Gasteiger partial charge on any atom is -0.508 e. The summed E-state index contributed by atoms with van der Waals surface area (Å²) in [6.07, 6.45) is 3.57. The molecule has 1 fully saturated rings. The fourth-order valence-corrected chi connectivity index (χ4v) is 3.34. The molecule has 0 aliphatic carbocycles. The monoisotopic (exact) mass is 414 g/mol. The van der Waals surface area contributed by atoms with Gasteiger partial charge in [-0.3, -0.25) is 4.79 Å². The number of ether oxygens (including phenoxy) is 2. The van der Waals surface area contributed by atoms with Crippen LogP contribution in [0.4, 0.5) is 5.69 Å². The summed E-state index contributed by atoms with van der Waals surface area (Å²) in [5.41, 5.74) is 2.17. The number of aromatic hydroxyl groups is 1. The van der Waals surface area contributed by atoms with Crippen LogP contribution in [-0.4, -0.2) is 37.8 Å². The Morgan fingerprint density at radius 3 is 2.40 bits per heavy atom. The van der Waals surface area contributed by atoms with Gasteiger partial charge in [0.2, 0.25) is 5.91 Å². The molecule has 1 amide bonds. The Bertz CT molecular complexity index is 786. The van der Waals surface area contributed by atoms with Crippen LogP contribution in [0, 0.1) is 0 Å². The predicted octanol–water partition coefficient (Wildman–Crippen LogP) is 4.67. The average Bonchev–Trinajstić information content (AvgIpc) is 3.27. The van der Waals surface area contributed by atoms with Gasteiger partial charge in [0, 0.05) is 26.1 Å². The summed E-state index contributed by atoms with van der Waals surface area (Å²) in [7, 11) is 1.72. The van der Waals surface area contributed by atoms with Gasteiger partial charge in [-0.1, -0.05) is 19.1 Å². The van der Waals surface area contributed by atoms with Crippen molar-refractivity contribution < 1.29 is 19.4 Å². The van der Waals surface area contributed by atoms with Crippen molar-refractivity contribution in [3.05, 3.63) is 48.0 Å². The number of rotatable bonds is 7. The summed E-state index contributed by atoms with van der Waals surface area (Å²) >= 11 is 0. The SMILES string of the molecule is CC(=O)NC(C)c1ccc(O)cc1.CCCOc1ccc(N2CCCC2)c(OC)c1. The number of phenols is 1. The fourth-order valence-electron chi connectivity index (χ4n) is 3.34. The second kappa shape index (κ2) is 12.0. The Balaban J connectivity index is 0.000000222. The first-order valence-electron chi connectivity index (χ1n) is 10.6. The van der Waals surface area contributed by atoms with Gasteiger partial charge in [0.25, 0.3) is 0 Å². The van der Waals surface area contributed by atoms with E-state index in [1.807, 2.05) is 19.1 Å². The van der Waals surface area contributed by atoms with Crippen molar-refractivity contribution in [2.45, 2.75) is 46.1 Å². The van der Waals surface area contributed by atoms with Gasteiger partial charge in [0.05, 0.1) is 25.4 Å². The number of hydrogen-bond donors (Lipinski definition) is 2. The molecule has 2 aromatic carbocycles. The third-order valence-corrected chi connectivity index (χ3v) is 4.88. The summed E-state index contributed by atoms with van der Waals surface area (Å²) in [6.45, 7) is 8.50. The van der Waals surface area contributed by atoms with Crippen molar-refractivity contribution in [1.29, 1.82) is 0 Å². The largest absolute Gasteiger partial charge is 0.508 e. The van der Waals surface area contributed by atoms with Crippen LogP contribution >= 0.6 is 0 Å². The van der Waals surface area contributed by atoms with Gasteiger partial charge >= 0.3 is 0 Å². The second-order valence-electron chi connectivity index (χ2n) is 7.39. The molecule has 6 nitrogen and oxygen atoms in total. The van der Waals surface area contributed by atoms with E-state index >= 15 is 0 Å². The first-order chi connectivity index (χ1) is 14.4. The Labute approximate surface area is 179 Å². The highest BCUT2D eigenvalue weighted by Gasteiger charge is 2.16. The molecule has 1 unspecified atom stereocenters. The smallest absolute Gasteiger partial charge is 0.217 e. The average molecular weight is 415 g/mol. The van der Waals surface area contributed by atoms with Crippen LogP contribution in [0.2, 0.25) is 0 Å². The van der Waals surface area contributed by atoms with Gasteiger partial charge in [-0.25, -0.2) is 0 Å². The molecule has 0 spiro atoms. The lowest BCUT2D eigenvalue weighted by molar-refractivity contribution is -0.119. The van der Waals surface area contributed by atoms with Gasteiger partial charge in [0.1, 0.15) is 17.2 Å². The zero-order valence-corrected chi connectivity index (χ0v) is 18.5. The molecule has 1 saturated heterocycles. The third kappa shape index (κ3) is 7.17. The number of nitrogens with zero attached hydrogens (tertiary/aromatic N) is 1. The van der Waals surface area contributed by atoms with Crippen LogP contribution in [0.5, 0.6) is 17.2 Å². The summed E-state index contributed by atoms with van der Waals surface area (Å²) < 4.78 is 11.1. The van der Waals surface area contributed by atoms with Gasteiger partial charge in [-0.05, 0) is 56.0 Å². The van der Waals surface area contributed by atoms with Crippen molar-refractivity contribution in [1.82, 2.24) is 5.32 Å². The van der Waals surface area contributed by atoms with E-state index in [-0.39, 0.29) is 17.7 Å². The van der Waals surface area contributed by atoms with Crippen LogP contribution in [0.15, 0.2) is 42.5 Å². The standard InChI is InChI=1S/C14H21NO2.C10H13NO2/c1-3-10-17-12-6-7-13(14(11-12)16-2)15-8-4-5-9-15;1-7(11-8(2)12)9-3-5-10(13)6-4-9/h6-7,11H,3-5,8-10H2,1-2H3;3-7,13H,1-2H3,(H,11,12). The lowest BCUT2D eigenvalue weighted by Crippen LogP contribution is -2.23. The minimum absolute atomic E-state index is 0.0156. The third-order valence-electron chi connectivity index (χ3n) is 4.88. The topological polar surface area (TPSA) is 71.0 Å². The Kier molecular flexibility index (Phi) is 9.32. The van der Waals surface area contributed by atoms with Crippen molar-refractivity contribution in [3.63, 3.8) is 0 Å². The van der Waals surface area contributed by atoms with Gasteiger partial charge in [0.15, 0.2) is 0 Å². The highest BCUT2D eigenvalue weighted by Crippen LogP contribution is 2.34. The quantitative estimate of drug-likeness (QED) is 0.689. The number of benzene rings is 2. The Morgan fingerprint density at radius 1 is 1.17 bits per heavy atom. The Morgan fingerprint density at radius 2 is 1.83 bits per heavy atom. The number of carbonyl (C=O) groups excluding carboxylic acids is 1. The van der Waals surface area contributed by atoms with Crippen molar-refractivity contribution in [2.24, 2.45) is 0 Å². The molecular weight excluding hydrogens is 380 g/mol. The maximum atomic E-state index is 10.7. The maximum Gasteiger partial charge on any atom is 0.217 e. The van der Waals surface area contributed by atoms with Crippen LogP contribution in [0.3, 0.4) is 0 Å². The van der Waals surface area contributed by atoms with E-state index in [0.717, 1.165) is 43.2 Å². The molecule has 2 aromatic rings. The van der Waals surface area contributed by atoms with E-state index in [4.69, 9.17) is 14.6 Å². The van der Waals surface area contributed by atoms with Crippen molar-refractivity contribution in [2.75, 3.05) is 31.7 Å². The molecule has 0 radical (unpaired) electrons. The van der Waals surface area contributed by atoms with Gasteiger partial charge in [-0.2, -0.15) is 0 Å². The molecule has 1 aliphatic heterocycles. The zero-order chi connectivity index (χ0) is 21.9. The zero-order valence-electron chi connectivity index (χ0n) is 18.5. The second-order valence-corrected chi connectivity index (χ2v) is 7.39. The minimum atomic E-state index is -0.0550. The van der Waals surface area contributed by atoms with E-state index in [1.165, 1.54) is 25.5 Å². The molecule has 164 valence electrons. The van der Waals surface area contributed by atoms with Crippen molar-refractivity contribution >= 4 is 11.6 Å². The van der Waals surface area contributed by atoms with Crippen LogP contribution in [0.25, 0.3) is 0 Å². The predicted molar refractivity (Wildman–Crippen MR) is 121 cm³/mol. The maximum absolute atomic E-state index is 10.7. The molecule has 0 bridgehead atoms. The van der Waals surface area contributed by atoms with E-state index in [9.17, 15) is 4.79 Å². The van der Waals surface area contributed by atoms with Gasteiger partial charge < -0.3 is 24.8 Å². The number of anilines is 1. The lowest BCUT2D eigenvalue weighted by atomic mass is 10.1. The molecule has 30 heavy (non-hydrogen) atoms. The van der Waals surface area contributed by atoms with Crippen molar-refractivity contribution in [3.8, 4) is 17.2 Å². The molecular formula is C24H34N2O4. The lowest BCUT2D eigenvalue weighted by Gasteiger charge is -2.21. The highest BCUT2D eigenvalue weighted by atomic mass is 16.5. The fraction of sp³-hybridized carbons (Fsp3) is 0.458. The molecule has 3 rings (SSSR count). The van der Waals surface area contributed by atoms with Crippen LogP contribution < -0.4 is 19.7 Å². The number of amides is 1. The van der Waals surface area contributed by atoms with Crippen LogP contribution in [0.1, 0.15) is 51.6 Å². The summed E-state index contributed by atoms with van der Waals surface area (Å²) in [5, 5.41) is 11.8. The van der Waals surface area contributed by atoms with E-state index < -0.39 is 0 Å². The van der Waals surface area contributed by atoms with Crippen LogP contribution in [-0.2, 0) is 4.79 Å². The molecule has 0 aromatic heterocycles. The molecule has 0 saturated carbocycles. The normalized spacial score (nSPS) is 13.8. The molecule has 1 atom stereocenters. The first-order valence-corrected chi connectivity index (χ1v) is 10.6. The molecule has 1 aliphatic rings. The molecule has 6 heteroatoms. The van der Waals surface area contributed by atoms with E-state index in [1.54, 1.807) is 31.4 Å². The number of hydrogen-bond acceptors (Lipinski definition) is 5.